The summed E-state index contributed by atoms with van der Waals surface area (Å²) in [6, 6.07) is 0.393. The number of hydrogen-bond acceptors (Lipinski definition) is 3. The number of carbonyl (C=O) groups excluding carboxylic acids is 1. The predicted molar refractivity (Wildman–Crippen MR) is 75.6 cm³/mol. The van der Waals surface area contributed by atoms with E-state index >= 15 is 0 Å². The Labute approximate surface area is 116 Å². The molecule has 0 aromatic heterocycles. The Kier molecular flexibility index (Phi) is 5.64. The van der Waals surface area contributed by atoms with E-state index in [2.05, 4.69) is 0 Å². The molecular weight excluding hydrogens is 240 g/mol. The molecule has 1 aliphatic heterocycles. The molecule has 110 valence electrons. The molecule has 1 saturated carbocycles. The first-order valence-electron chi connectivity index (χ1n) is 7.83. The first-order valence-corrected chi connectivity index (χ1v) is 7.83. The van der Waals surface area contributed by atoms with Crippen molar-refractivity contribution in [2.75, 3.05) is 19.7 Å². The van der Waals surface area contributed by atoms with Crippen LogP contribution in [-0.4, -0.2) is 41.7 Å². The number of rotatable bonds is 5. The fourth-order valence-electron chi connectivity index (χ4n) is 3.44. The Morgan fingerprint density at radius 2 is 1.84 bits per heavy atom. The number of aliphatic hydroxyl groups is 1. The second-order valence-electron chi connectivity index (χ2n) is 6.33. The van der Waals surface area contributed by atoms with E-state index in [4.69, 9.17) is 10.8 Å². The topological polar surface area (TPSA) is 66.6 Å². The van der Waals surface area contributed by atoms with Crippen molar-refractivity contribution in [2.24, 2.45) is 17.6 Å². The third-order valence-corrected chi connectivity index (χ3v) is 4.83. The lowest BCUT2D eigenvalue weighted by Gasteiger charge is -2.26. The van der Waals surface area contributed by atoms with Crippen LogP contribution in [0.5, 0.6) is 0 Å². The van der Waals surface area contributed by atoms with E-state index < -0.39 is 0 Å². The smallest absolute Gasteiger partial charge is 0.222 e. The molecule has 3 N–H and O–H groups in total. The van der Waals surface area contributed by atoms with Gasteiger partial charge in [0.2, 0.25) is 5.91 Å². The Morgan fingerprint density at radius 3 is 2.53 bits per heavy atom. The summed E-state index contributed by atoms with van der Waals surface area (Å²) in [5, 5.41) is 8.93. The van der Waals surface area contributed by atoms with Gasteiger partial charge >= 0.3 is 0 Å². The van der Waals surface area contributed by atoms with Crippen molar-refractivity contribution < 1.29 is 9.90 Å². The minimum Gasteiger partial charge on any atom is -0.396 e. The molecule has 1 aliphatic carbocycles. The van der Waals surface area contributed by atoms with Crippen LogP contribution in [0.25, 0.3) is 0 Å². The Morgan fingerprint density at radius 1 is 1.11 bits per heavy atom. The molecule has 0 aromatic rings. The average molecular weight is 268 g/mol. The van der Waals surface area contributed by atoms with Gasteiger partial charge in [-0.15, -0.1) is 0 Å². The number of carbonyl (C=O) groups is 1. The number of nitrogens with two attached hydrogens (primary N) is 1. The highest BCUT2D eigenvalue weighted by Gasteiger charge is 2.26. The van der Waals surface area contributed by atoms with Gasteiger partial charge in [0, 0.05) is 32.2 Å². The number of amides is 1. The van der Waals surface area contributed by atoms with Gasteiger partial charge in [0.05, 0.1) is 0 Å². The minimum atomic E-state index is 0.245. The molecule has 1 heterocycles. The van der Waals surface area contributed by atoms with E-state index in [-0.39, 0.29) is 6.61 Å². The van der Waals surface area contributed by atoms with Crippen molar-refractivity contribution in [2.45, 2.75) is 57.4 Å². The maximum absolute atomic E-state index is 12.1. The van der Waals surface area contributed by atoms with E-state index in [0.717, 1.165) is 45.2 Å². The molecule has 1 amide bonds. The second-order valence-corrected chi connectivity index (χ2v) is 6.33. The molecule has 4 nitrogen and oxygen atoms in total. The highest BCUT2D eigenvalue weighted by molar-refractivity contribution is 5.76. The molecule has 2 rings (SSSR count). The first-order chi connectivity index (χ1) is 9.19. The lowest BCUT2D eigenvalue weighted by Crippen LogP contribution is -2.30. The molecule has 1 atom stereocenters. The van der Waals surface area contributed by atoms with Crippen molar-refractivity contribution >= 4 is 5.91 Å². The summed E-state index contributed by atoms with van der Waals surface area (Å²) in [5.74, 6) is 1.54. The summed E-state index contributed by atoms with van der Waals surface area (Å²) in [5.41, 5.74) is 5.90. The summed E-state index contributed by atoms with van der Waals surface area (Å²) < 4.78 is 0. The van der Waals surface area contributed by atoms with Gasteiger partial charge in [-0.25, -0.2) is 0 Å². The van der Waals surface area contributed by atoms with Gasteiger partial charge in [-0.3, -0.25) is 4.79 Å². The van der Waals surface area contributed by atoms with Crippen LogP contribution in [0.15, 0.2) is 0 Å². The zero-order chi connectivity index (χ0) is 13.7. The zero-order valence-electron chi connectivity index (χ0n) is 11.9. The van der Waals surface area contributed by atoms with Gasteiger partial charge in [0.1, 0.15) is 0 Å². The van der Waals surface area contributed by atoms with Crippen LogP contribution in [0.1, 0.15) is 51.4 Å². The summed E-state index contributed by atoms with van der Waals surface area (Å²) >= 11 is 0. The number of hydrogen-bond donors (Lipinski definition) is 2. The van der Waals surface area contributed by atoms with E-state index in [1.807, 2.05) is 4.90 Å². The monoisotopic (exact) mass is 268 g/mol. The van der Waals surface area contributed by atoms with Crippen LogP contribution in [0.4, 0.5) is 0 Å². The van der Waals surface area contributed by atoms with Gasteiger partial charge in [-0.1, -0.05) is 0 Å². The van der Waals surface area contributed by atoms with E-state index in [9.17, 15) is 4.79 Å². The van der Waals surface area contributed by atoms with Crippen molar-refractivity contribution in [3.63, 3.8) is 0 Å². The summed E-state index contributed by atoms with van der Waals surface area (Å²) in [6.07, 6.45) is 8.28. The van der Waals surface area contributed by atoms with Gasteiger partial charge in [0.25, 0.3) is 0 Å². The lowest BCUT2D eigenvalue weighted by molar-refractivity contribution is -0.130. The molecular formula is C15H28N2O2. The van der Waals surface area contributed by atoms with Crippen LogP contribution in [-0.2, 0) is 4.79 Å². The molecule has 2 aliphatic rings. The molecule has 0 bridgehead atoms. The first kappa shape index (κ1) is 14.8. The van der Waals surface area contributed by atoms with Crippen molar-refractivity contribution in [1.29, 1.82) is 0 Å². The molecule has 1 saturated heterocycles. The van der Waals surface area contributed by atoms with Gasteiger partial charge < -0.3 is 15.7 Å². The third kappa shape index (κ3) is 4.46. The van der Waals surface area contributed by atoms with Crippen LogP contribution in [0, 0.1) is 11.8 Å². The van der Waals surface area contributed by atoms with E-state index in [1.54, 1.807) is 0 Å². The van der Waals surface area contributed by atoms with Crippen LogP contribution < -0.4 is 5.73 Å². The van der Waals surface area contributed by atoms with Crippen molar-refractivity contribution in [3.05, 3.63) is 0 Å². The normalized spacial score (nSPS) is 31.7. The molecule has 2 fully saturated rings. The molecule has 19 heavy (non-hydrogen) atoms. The Bertz CT molecular complexity index is 288. The lowest BCUT2D eigenvalue weighted by atomic mass is 9.84. The third-order valence-electron chi connectivity index (χ3n) is 4.83. The highest BCUT2D eigenvalue weighted by Crippen LogP contribution is 2.28. The maximum Gasteiger partial charge on any atom is 0.222 e. The SMILES string of the molecule is NC1CCC(CCC(=O)N2CCC(CCO)C2)CC1. The molecule has 0 spiro atoms. The quantitative estimate of drug-likeness (QED) is 0.794. The summed E-state index contributed by atoms with van der Waals surface area (Å²) in [6.45, 7) is 1.99. The molecule has 0 radical (unpaired) electrons. The summed E-state index contributed by atoms with van der Waals surface area (Å²) in [7, 11) is 0. The molecule has 1 unspecified atom stereocenters. The van der Waals surface area contributed by atoms with Crippen LogP contribution >= 0.6 is 0 Å². The number of aliphatic hydroxyl groups excluding tert-OH is 1. The molecule has 4 heteroatoms. The average Bonchev–Trinajstić information content (AvgIpc) is 2.87. The Hall–Kier alpha value is -0.610. The Balaban J connectivity index is 1.65. The van der Waals surface area contributed by atoms with Gasteiger partial charge in [-0.2, -0.15) is 0 Å². The number of nitrogens with zero attached hydrogens (tertiary/aromatic N) is 1. The van der Waals surface area contributed by atoms with Crippen LogP contribution in [0.2, 0.25) is 0 Å². The van der Waals surface area contributed by atoms with Crippen molar-refractivity contribution in [1.82, 2.24) is 4.90 Å². The second kappa shape index (κ2) is 7.25. The zero-order valence-corrected chi connectivity index (χ0v) is 11.9. The largest absolute Gasteiger partial charge is 0.396 e. The standard InChI is InChI=1S/C15H28N2O2/c16-14-4-1-12(2-5-14)3-6-15(19)17-9-7-13(11-17)8-10-18/h12-14,18H,1-11,16H2. The minimum absolute atomic E-state index is 0.245. The van der Waals surface area contributed by atoms with Crippen LogP contribution in [0.3, 0.4) is 0 Å². The van der Waals surface area contributed by atoms with Gasteiger partial charge in [0.15, 0.2) is 0 Å². The number of likely N-dealkylation sites (tertiary alicyclic amines) is 1. The van der Waals surface area contributed by atoms with Gasteiger partial charge in [-0.05, 0) is 56.8 Å². The fourth-order valence-corrected chi connectivity index (χ4v) is 3.44. The van der Waals surface area contributed by atoms with Crippen molar-refractivity contribution in [3.8, 4) is 0 Å². The fraction of sp³-hybridized carbons (Fsp3) is 0.933. The van der Waals surface area contributed by atoms with E-state index in [0.29, 0.717) is 30.2 Å². The molecule has 0 aromatic carbocycles. The predicted octanol–water partition coefficient (Wildman–Crippen LogP) is 1.51. The maximum atomic E-state index is 12.1. The summed E-state index contributed by atoms with van der Waals surface area (Å²) in [4.78, 5) is 14.1. The van der Waals surface area contributed by atoms with E-state index in [1.165, 1.54) is 12.8 Å². The highest BCUT2D eigenvalue weighted by atomic mass is 16.3.